The summed E-state index contributed by atoms with van der Waals surface area (Å²) in [6, 6.07) is 12.8. The molecule has 0 aliphatic carbocycles. The van der Waals surface area contributed by atoms with Crippen LogP contribution in [0.25, 0.3) is 0 Å². The van der Waals surface area contributed by atoms with Crippen LogP contribution in [-0.4, -0.2) is 11.1 Å². The zero-order chi connectivity index (χ0) is 13.8. The molecule has 0 saturated heterocycles. The lowest BCUT2D eigenvalue weighted by Crippen LogP contribution is -2.05. The Kier molecular flexibility index (Phi) is 4.22. The van der Waals surface area contributed by atoms with Crippen LogP contribution >= 0.6 is 15.9 Å². The Hall–Kier alpha value is -1.81. The number of carboxylic acids is 1. The number of hydrogen-bond acceptors (Lipinski definition) is 2. The van der Waals surface area contributed by atoms with Crippen molar-refractivity contribution < 1.29 is 14.6 Å². The number of carbonyl (C=O) groups is 1. The number of benzene rings is 2. The molecule has 1 N–H and O–H groups in total. The van der Waals surface area contributed by atoms with Crippen LogP contribution in [0.4, 0.5) is 0 Å². The van der Waals surface area contributed by atoms with Gasteiger partial charge in [-0.3, -0.25) is 0 Å². The Bertz CT molecular complexity index is 608. The maximum atomic E-state index is 11.2. The summed E-state index contributed by atoms with van der Waals surface area (Å²) in [6.07, 6.45) is 0. The van der Waals surface area contributed by atoms with Crippen LogP contribution in [0, 0.1) is 6.92 Å². The van der Waals surface area contributed by atoms with Gasteiger partial charge in [-0.1, -0.05) is 34.1 Å². The molecular weight excluding hydrogens is 308 g/mol. The molecule has 0 aliphatic heterocycles. The third kappa shape index (κ3) is 3.58. The lowest BCUT2D eigenvalue weighted by Gasteiger charge is -2.09. The number of hydrogen-bond donors (Lipinski definition) is 1. The first-order valence-corrected chi connectivity index (χ1v) is 6.57. The van der Waals surface area contributed by atoms with Crippen LogP contribution in [0.1, 0.15) is 21.5 Å². The Morgan fingerprint density at radius 1 is 1.26 bits per heavy atom. The van der Waals surface area contributed by atoms with Gasteiger partial charge in [-0.25, -0.2) is 4.79 Å². The molecule has 0 unspecified atom stereocenters. The van der Waals surface area contributed by atoms with Gasteiger partial charge in [-0.15, -0.1) is 0 Å². The normalized spacial score (nSPS) is 10.2. The fourth-order valence-electron chi connectivity index (χ4n) is 1.74. The largest absolute Gasteiger partial charge is 0.489 e. The number of aryl methyl sites for hydroxylation is 1. The highest BCUT2D eigenvalue weighted by atomic mass is 79.9. The minimum absolute atomic E-state index is 0.234. The standard InChI is InChI=1S/C15H13BrO3/c1-10-3-2-4-13(7-10)19-9-11-5-6-12(16)8-14(11)15(17)18/h2-8H,9H2,1H3,(H,17,18). The summed E-state index contributed by atoms with van der Waals surface area (Å²) < 4.78 is 6.36. The van der Waals surface area contributed by atoms with E-state index in [1.165, 1.54) is 0 Å². The molecule has 0 radical (unpaired) electrons. The van der Waals surface area contributed by atoms with Crippen LogP contribution in [0.3, 0.4) is 0 Å². The highest BCUT2D eigenvalue weighted by molar-refractivity contribution is 9.10. The van der Waals surface area contributed by atoms with Gasteiger partial charge in [0.05, 0.1) is 5.56 Å². The Labute approximate surface area is 120 Å². The van der Waals surface area contributed by atoms with Crippen molar-refractivity contribution in [3.05, 3.63) is 63.6 Å². The molecule has 0 aliphatic rings. The van der Waals surface area contributed by atoms with Crippen LogP contribution in [0.15, 0.2) is 46.9 Å². The number of carboxylic acid groups (broad SMARTS) is 1. The van der Waals surface area contributed by atoms with Crippen LogP contribution < -0.4 is 4.74 Å². The summed E-state index contributed by atoms with van der Waals surface area (Å²) in [5.74, 6) is -0.219. The number of aromatic carboxylic acids is 1. The zero-order valence-electron chi connectivity index (χ0n) is 10.4. The Morgan fingerprint density at radius 3 is 2.74 bits per heavy atom. The summed E-state index contributed by atoms with van der Waals surface area (Å²) in [4.78, 5) is 11.2. The minimum atomic E-state index is -0.954. The molecule has 0 saturated carbocycles. The Morgan fingerprint density at radius 2 is 2.05 bits per heavy atom. The van der Waals surface area contributed by atoms with E-state index in [-0.39, 0.29) is 12.2 Å². The fourth-order valence-corrected chi connectivity index (χ4v) is 2.10. The molecule has 0 amide bonds. The molecule has 0 fully saturated rings. The molecule has 2 aromatic carbocycles. The van der Waals surface area contributed by atoms with E-state index >= 15 is 0 Å². The lowest BCUT2D eigenvalue weighted by atomic mass is 10.1. The first-order valence-electron chi connectivity index (χ1n) is 5.77. The SMILES string of the molecule is Cc1cccc(OCc2ccc(Br)cc2C(=O)O)c1. The van der Waals surface area contributed by atoms with Gasteiger partial charge in [-0.2, -0.15) is 0 Å². The van der Waals surface area contributed by atoms with Gasteiger partial charge in [0.2, 0.25) is 0 Å². The van der Waals surface area contributed by atoms with Gasteiger partial charge in [0.15, 0.2) is 0 Å². The van der Waals surface area contributed by atoms with E-state index in [0.717, 1.165) is 15.8 Å². The van der Waals surface area contributed by atoms with Crippen LogP contribution in [0.2, 0.25) is 0 Å². The highest BCUT2D eigenvalue weighted by Crippen LogP contribution is 2.20. The molecule has 2 rings (SSSR count). The second kappa shape index (κ2) is 5.89. The highest BCUT2D eigenvalue weighted by Gasteiger charge is 2.11. The molecule has 0 heterocycles. The monoisotopic (exact) mass is 320 g/mol. The molecule has 0 bridgehead atoms. The van der Waals surface area contributed by atoms with Gasteiger partial charge in [0.25, 0.3) is 0 Å². The van der Waals surface area contributed by atoms with Gasteiger partial charge < -0.3 is 9.84 Å². The smallest absolute Gasteiger partial charge is 0.336 e. The summed E-state index contributed by atoms with van der Waals surface area (Å²) in [6.45, 7) is 2.22. The fraction of sp³-hybridized carbons (Fsp3) is 0.133. The zero-order valence-corrected chi connectivity index (χ0v) is 12.0. The first-order chi connectivity index (χ1) is 9.06. The topological polar surface area (TPSA) is 46.5 Å². The van der Waals surface area contributed by atoms with Crippen molar-refractivity contribution in [1.29, 1.82) is 0 Å². The number of ether oxygens (including phenoxy) is 1. The quantitative estimate of drug-likeness (QED) is 0.924. The summed E-state index contributed by atoms with van der Waals surface area (Å²) in [7, 11) is 0. The average molecular weight is 321 g/mol. The number of rotatable bonds is 4. The van der Waals surface area contributed by atoms with Gasteiger partial charge in [0.1, 0.15) is 12.4 Å². The van der Waals surface area contributed by atoms with E-state index in [4.69, 9.17) is 9.84 Å². The van der Waals surface area contributed by atoms with E-state index in [9.17, 15) is 4.79 Å². The molecular formula is C15H13BrO3. The molecule has 19 heavy (non-hydrogen) atoms. The van der Waals surface area contributed by atoms with Crippen molar-refractivity contribution in [1.82, 2.24) is 0 Å². The van der Waals surface area contributed by atoms with Gasteiger partial charge in [-0.05, 0) is 36.8 Å². The van der Waals surface area contributed by atoms with Crippen molar-refractivity contribution in [2.24, 2.45) is 0 Å². The minimum Gasteiger partial charge on any atom is -0.489 e. The van der Waals surface area contributed by atoms with E-state index in [1.54, 1.807) is 18.2 Å². The predicted molar refractivity (Wildman–Crippen MR) is 76.6 cm³/mol. The van der Waals surface area contributed by atoms with E-state index < -0.39 is 5.97 Å². The van der Waals surface area contributed by atoms with Crippen LogP contribution in [0.5, 0.6) is 5.75 Å². The second-order valence-corrected chi connectivity index (χ2v) is 5.13. The van der Waals surface area contributed by atoms with Crippen molar-refractivity contribution in [3.8, 4) is 5.75 Å². The van der Waals surface area contributed by atoms with Crippen molar-refractivity contribution in [2.45, 2.75) is 13.5 Å². The third-order valence-electron chi connectivity index (χ3n) is 2.69. The molecule has 4 heteroatoms. The molecule has 0 atom stereocenters. The van der Waals surface area contributed by atoms with Crippen molar-refractivity contribution >= 4 is 21.9 Å². The number of halogens is 1. The average Bonchev–Trinajstić information content (AvgIpc) is 2.37. The first kappa shape index (κ1) is 13.6. The van der Waals surface area contributed by atoms with E-state index in [0.29, 0.717) is 5.56 Å². The third-order valence-corrected chi connectivity index (χ3v) is 3.18. The molecule has 0 spiro atoms. The van der Waals surface area contributed by atoms with Crippen molar-refractivity contribution in [2.75, 3.05) is 0 Å². The molecule has 0 aromatic heterocycles. The van der Waals surface area contributed by atoms with Crippen molar-refractivity contribution in [3.63, 3.8) is 0 Å². The van der Waals surface area contributed by atoms with Crippen LogP contribution in [-0.2, 0) is 6.61 Å². The Balaban J connectivity index is 2.17. The summed E-state index contributed by atoms with van der Waals surface area (Å²) >= 11 is 3.27. The second-order valence-electron chi connectivity index (χ2n) is 4.21. The maximum Gasteiger partial charge on any atom is 0.336 e. The summed E-state index contributed by atoms with van der Waals surface area (Å²) in [5.41, 5.74) is 2.01. The van der Waals surface area contributed by atoms with E-state index in [2.05, 4.69) is 15.9 Å². The van der Waals surface area contributed by atoms with Gasteiger partial charge >= 0.3 is 5.97 Å². The molecule has 98 valence electrons. The van der Waals surface area contributed by atoms with E-state index in [1.807, 2.05) is 31.2 Å². The predicted octanol–water partition coefficient (Wildman–Crippen LogP) is 4.03. The lowest BCUT2D eigenvalue weighted by molar-refractivity contribution is 0.0694. The maximum absolute atomic E-state index is 11.2. The molecule has 2 aromatic rings. The molecule has 3 nitrogen and oxygen atoms in total. The van der Waals surface area contributed by atoms with Gasteiger partial charge in [0, 0.05) is 10.0 Å². The summed E-state index contributed by atoms with van der Waals surface area (Å²) in [5, 5.41) is 9.16.